The van der Waals surface area contributed by atoms with Crippen LogP contribution >= 0.6 is 0 Å². The van der Waals surface area contributed by atoms with Gasteiger partial charge in [-0.15, -0.1) is 0 Å². The van der Waals surface area contributed by atoms with E-state index in [1.165, 1.54) is 7.11 Å². The number of hydrogen-bond acceptors (Lipinski definition) is 7. The molecule has 0 bridgehead atoms. The summed E-state index contributed by atoms with van der Waals surface area (Å²) in [6.45, 7) is 1.20. The van der Waals surface area contributed by atoms with Crippen molar-refractivity contribution in [3.63, 3.8) is 0 Å². The van der Waals surface area contributed by atoms with Gasteiger partial charge in [-0.25, -0.2) is 4.98 Å². The minimum atomic E-state index is -0.190. The fourth-order valence-electron chi connectivity index (χ4n) is 3.21. The molecular weight excluding hydrogens is 384 g/mol. The molecule has 0 spiro atoms. The summed E-state index contributed by atoms with van der Waals surface area (Å²) in [7, 11) is 1.53. The number of fused-ring (bicyclic) bond motifs is 2. The van der Waals surface area contributed by atoms with Crippen LogP contribution in [0, 0.1) is 11.3 Å². The zero-order chi connectivity index (χ0) is 20.9. The Morgan fingerprint density at radius 2 is 2.00 bits per heavy atom. The zero-order valence-electron chi connectivity index (χ0n) is 16.4. The monoisotopic (exact) mass is 404 g/mol. The van der Waals surface area contributed by atoms with Crippen molar-refractivity contribution in [2.45, 2.75) is 6.42 Å². The van der Waals surface area contributed by atoms with Gasteiger partial charge in [0.25, 0.3) is 5.91 Å². The smallest absolute Gasteiger partial charge is 0.255 e. The van der Waals surface area contributed by atoms with Crippen LogP contribution in [0.1, 0.15) is 22.3 Å². The summed E-state index contributed by atoms with van der Waals surface area (Å²) >= 11 is 0. The molecule has 1 aromatic heterocycles. The molecule has 0 saturated carbocycles. The number of rotatable bonds is 7. The minimum absolute atomic E-state index is 0.183. The summed E-state index contributed by atoms with van der Waals surface area (Å²) in [6.07, 6.45) is 0.659. The average Bonchev–Trinajstić information content (AvgIpc) is 3.23. The Morgan fingerprint density at radius 1 is 1.20 bits per heavy atom. The maximum atomic E-state index is 12.3. The largest absolute Gasteiger partial charge is 0.496 e. The van der Waals surface area contributed by atoms with E-state index in [2.05, 4.69) is 21.7 Å². The number of pyridine rings is 1. The third-order valence-corrected chi connectivity index (χ3v) is 4.71. The minimum Gasteiger partial charge on any atom is -0.496 e. The first-order valence-electron chi connectivity index (χ1n) is 9.49. The summed E-state index contributed by atoms with van der Waals surface area (Å²) in [4.78, 5) is 16.9. The topological polar surface area (TPSA) is 106 Å². The molecule has 152 valence electrons. The van der Waals surface area contributed by atoms with E-state index >= 15 is 0 Å². The van der Waals surface area contributed by atoms with Crippen molar-refractivity contribution in [2.24, 2.45) is 0 Å². The van der Waals surface area contributed by atoms with E-state index in [-0.39, 0.29) is 12.7 Å². The van der Waals surface area contributed by atoms with Gasteiger partial charge in [0.1, 0.15) is 17.6 Å². The normalized spacial score (nSPS) is 11.7. The van der Waals surface area contributed by atoms with E-state index in [1.807, 2.05) is 12.1 Å². The fourth-order valence-corrected chi connectivity index (χ4v) is 3.21. The summed E-state index contributed by atoms with van der Waals surface area (Å²) in [5.74, 6) is 2.14. The summed E-state index contributed by atoms with van der Waals surface area (Å²) < 4.78 is 16.0. The molecule has 0 aliphatic carbocycles. The predicted octanol–water partition coefficient (Wildman–Crippen LogP) is 3.08. The van der Waals surface area contributed by atoms with Gasteiger partial charge in [0.15, 0.2) is 11.5 Å². The van der Waals surface area contributed by atoms with Gasteiger partial charge in [-0.05, 0) is 30.7 Å². The molecular formula is C22H20N4O4. The Labute approximate surface area is 173 Å². The molecule has 2 N–H and O–H groups in total. The van der Waals surface area contributed by atoms with Crippen molar-refractivity contribution >= 4 is 22.6 Å². The fraction of sp³-hybridized carbons (Fsp3) is 0.227. The lowest BCUT2D eigenvalue weighted by Crippen LogP contribution is -2.26. The molecule has 8 heteroatoms. The number of nitriles is 1. The van der Waals surface area contributed by atoms with Crippen molar-refractivity contribution in [3.05, 3.63) is 53.6 Å². The highest BCUT2D eigenvalue weighted by Gasteiger charge is 2.16. The maximum absolute atomic E-state index is 12.3. The first kappa shape index (κ1) is 19.3. The Morgan fingerprint density at radius 3 is 2.80 bits per heavy atom. The second kappa shape index (κ2) is 8.57. The molecule has 1 amide bonds. The van der Waals surface area contributed by atoms with Crippen molar-refractivity contribution < 1.29 is 19.0 Å². The third kappa shape index (κ3) is 3.91. The van der Waals surface area contributed by atoms with Crippen molar-refractivity contribution in [3.8, 4) is 23.3 Å². The lowest BCUT2D eigenvalue weighted by atomic mass is 10.1. The molecule has 0 fully saturated rings. The average molecular weight is 404 g/mol. The summed E-state index contributed by atoms with van der Waals surface area (Å²) in [5, 5.41) is 16.3. The van der Waals surface area contributed by atoms with Crippen LogP contribution in [0.3, 0.4) is 0 Å². The number of benzene rings is 2. The SMILES string of the molecule is COc1ccccc1C(=O)NCCCNc1nc2cc3c(cc2cc1C#N)OCO3. The van der Waals surface area contributed by atoms with Crippen molar-refractivity contribution in [1.29, 1.82) is 5.26 Å². The van der Waals surface area contributed by atoms with E-state index in [1.54, 1.807) is 30.3 Å². The Hall–Kier alpha value is -3.99. The van der Waals surface area contributed by atoms with Crippen LogP contribution in [0.4, 0.5) is 5.82 Å². The summed E-state index contributed by atoms with van der Waals surface area (Å²) in [5.41, 5.74) is 1.65. The van der Waals surface area contributed by atoms with Crippen LogP contribution in [0.15, 0.2) is 42.5 Å². The molecule has 0 atom stereocenters. The number of anilines is 1. The van der Waals surface area contributed by atoms with E-state index in [0.717, 1.165) is 5.39 Å². The van der Waals surface area contributed by atoms with Crippen LogP contribution in [-0.2, 0) is 0 Å². The molecule has 2 aromatic carbocycles. The number of hydrogen-bond donors (Lipinski definition) is 2. The predicted molar refractivity (Wildman–Crippen MR) is 111 cm³/mol. The molecule has 30 heavy (non-hydrogen) atoms. The van der Waals surface area contributed by atoms with Gasteiger partial charge >= 0.3 is 0 Å². The van der Waals surface area contributed by atoms with E-state index in [0.29, 0.717) is 59.2 Å². The Balaban J connectivity index is 1.36. The highest BCUT2D eigenvalue weighted by Crippen LogP contribution is 2.36. The molecule has 0 radical (unpaired) electrons. The molecule has 8 nitrogen and oxygen atoms in total. The van der Waals surface area contributed by atoms with Crippen LogP contribution < -0.4 is 24.8 Å². The molecule has 3 aromatic rings. The maximum Gasteiger partial charge on any atom is 0.255 e. The van der Waals surface area contributed by atoms with Gasteiger partial charge in [-0.3, -0.25) is 4.79 Å². The van der Waals surface area contributed by atoms with E-state index in [4.69, 9.17) is 14.2 Å². The molecule has 2 heterocycles. The van der Waals surface area contributed by atoms with Gasteiger partial charge in [0.2, 0.25) is 6.79 Å². The van der Waals surface area contributed by atoms with Crippen LogP contribution in [-0.4, -0.2) is 37.9 Å². The number of amides is 1. The molecule has 4 rings (SSSR count). The third-order valence-electron chi connectivity index (χ3n) is 4.71. The van der Waals surface area contributed by atoms with Gasteiger partial charge in [0, 0.05) is 24.5 Å². The number of nitrogens with one attached hydrogen (secondary N) is 2. The molecule has 0 unspecified atom stereocenters. The van der Waals surface area contributed by atoms with Gasteiger partial charge in [0.05, 0.1) is 23.8 Å². The van der Waals surface area contributed by atoms with E-state index < -0.39 is 0 Å². The van der Waals surface area contributed by atoms with Crippen molar-refractivity contribution in [2.75, 3.05) is 32.3 Å². The standard InChI is InChI=1S/C22H20N4O4/c1-28-18-6-3-2-5-16(18)22(27)25-8-4-7-24-21-15(12-23)9-14-10-19-20(30-13-29-19)11-17(14)26-21/h2-3,5-6,9-11H,4,7-8,13H2,1H3,(H,24,26)(H,25,27). The lowest BCUT2D eigenvalue weighted by molar-refractivity contribution is 0.0950. The first-order valence-corrected chi connectivity index (χ1v) is 9.49. The lowest BCUT2D eigenvalue weighted by Gasteiger charge is -2.11. The Bertz CT molecular complexity index is 1140. The first-order chi connectivity index (χ1) is 14.7. The highest BCUT2D eigenvalue weighted by atomic mass is 16.7. The second-order valence-electron chi connectivity index (χ2n) is 6.63. The molecule has 1 aliphatic heterocycles. The van der Waals surface area contributed by atoms with Gasteiger partial charge in [-0.2, -0.15) is 5.26 Å². The number of ether oxygens (including phenoxy) is 3. The number of methoxy groups -OCH3 is 1. The number of carbonyl (C=O) groups is 1. The Kier molecular flexibility index (Phi) is 5.52. The molecule has 0 saturated heterocycles. The van der Waals surface area contributed by atoms with Gasteiger partial charge in [-0.1, -0.05) is 12.1 Å². The van der Waals surface area contributed by atoms with Crippen LogP contribution in [0.25, 0.3) is 10.9 Å². The number of carbonyl (C=O) groups excluding carboxylic acids is 1. The summed E-state index contributed by atoms with van der Waals surface area (Å²) in [6, 6.07) is 14.6. The number of aromatic nitrogens is 1. The van der Waals surface area contributed by atoms with Crippen LogP contribution in [0.5, 0.6) is 17.2 Å². The van der Waals surface area contributed by atoms with E-state index in [9.17, 15) is 10.1 Å². The molecule has 1 aliphatic rings. The quantitative estimate of drug-likeness (QED) is 0.583. The number of para-hydroxylation sites is 1. The highest BCUT2D eigenvalue weighted by molar-refractivity contribution is 5.96. The van der Waals surface area contributed by atoms with Gasteiger partial charge < -0.3 is 24.8 Å². The van der Waals surface area contributed by atoms with Crippen LogP contribution in [0.2, 0.25) is 0 Å². The zero-order valence-corrected chi connectivity index (χ0v) is 16.4. The second-order valence-corrected chi connectivity index (χ2v) is 6.63. The number of nitrogens with zero attached hydrogens (tertiary/aromatic N) is 2. The van der Waals surface area contributed by atoms with Crippen molar-refractivity contribution in [1.82, 2.24) is 10.3 Å².